The summed E-state index contributed by atoms with van der Waals surface area (Å²) in [4.78, 5) is 0. The van der Waals surface area contributed by atoms with Gasteiger partial charge in [0.2, 0.25) is 0 Å². The molecular formula is C12H15NO3. The highest BCUT2D eigenvalue weighted by molar-refractivity contribution is 5.53. The van der Waals surface area contributed by atoms with E-state index in [1.165, 1.54) is 0 Å². The SMILES string of the molecule is COc1cc(O)cc2c1[C@H]1CNC[C@H]1CO2. The highest BCUT2D eigenvalue weighted by atomic mass is 16.5. The summed E-state index contributed by atoms with van der Waals surface area (Å²) in [5.74, 6) is 2.65. The summed E-state index contributed by atoms with van der Waals surface area (Å²) in [5, 5.41) is 12.9. The van der Waals surface area contributed by atoms with Crippen LogP contribution in [0, 0.1) is 5.92 Å². The highest BCUT2D eigenvalue weighted by Gasteiger charge is 2.37. The summed E-state index contributed by atoms with van der Waals surface area (Å²) in [6.45, 7) is 2.67. The second-order valence-electron chi connectivity index (χ2n) is 4.40. The molecule has 3 rings (SSSR count). The van der Waals surface area contributed by atoms with Crippen LogP contribution in [0.5, 0.6) is 17.2 Å². The molecule has 4 heteroatoms. The van der Waals surface area contributed by atoms with E-state index in [0.717, 1.165) is 36.8 Å². The van der Waals surface area contributed by atoms with Gasteiger partial charge in [-0.05, 0) is 0 Å². The van der Waals surface area contributed by atoms with E-state index in [0.29, 0.717) is 11.8 Å². The third kappa shape index (κ3) is 1.33. The van der Waals surface area contributed by atoms with Gasteiger partial charge in [-0.25, -0.2) is 0 Å². The lowest BCUT2D eigenvalue weighted by Gasteiger charge is -2.29. The van der Waals surface area contributed by atoms with Gasteiger partial charge in [0.1, 0.15) is 17.2 Å². The molecule has 86 valence electrons. The van der Waals surface area contributed by atoms with Crippen LogP contribution in [0.3, 0.4) is 0 Å². The van der Waals surface area contributed by atoms with Crippen molar-refractivity contribution in [3.8, 4) is 17.2 Å². The van der Waals surface area contributed by atoms with Gasteiger partial charge in [0.25, 0.3) is 0 Å². The summed E-state index contributed by atoms with van der Waals surface area (Å²) in [6.07, 6.45) is 0. The van der Waals surface area contributed by atoms with Gasteiger partial charge in [0, 0.05) is 42.6 Å². The maximum absolute atomic E-state index is 9.57. The molecule has 16 heavy (non-hydrogen) atoms. The minimum atomic E-state index is 0.194. The summed E-state index contributed by atoms with van der Waals surface area (Å²) < 4.78 is 11.0. The third-order valence-electron chi connectivity index (χ3n) is 3.47. The van der Waals surface area contributed by atoms with Crippen molar-refractivity contribution in [1.29, 1.82) is 0 Å². The quantitative estimate of drug-likeness (QED) is 0.745. The Bertz CT molecular complexity index is 402. The molecule has 0 spiro atoms. The minimum absolute atomic E-state index is 0.194. The normalized spacial score (nSPS) is 26.8. The average molecular weight is 221 g/mol. The van der Waals surface area contributed by atoms with Crippen molar-refractivity contribution < 1.29 is 14.6 Å². The maximum atomic E-state index is 9.57. The Balaban J connectivity index is 2.12. The number of hydrogen-bond donors (Lipinski definition) is 2. The Morgan fingerprint density at radius 3 is 3.12 bits per heavy atom. The molecule has 1 aromatic rings. The zero-order chi connectivity index (χ0) is 11.1. The van der Waals surface area contributed by atoms with Crippen molar-refractivity contribution in [3.05, 3.63) is 17.7 Å². The van der Waals surface area contributed by atoms with Crippen molar-refractivity contribution in [2.75, 3.05) is 26.8 Å². The molecule has 0 unspecified atom stereocenters. The largest absolute Gasteiger partial charge is 0.508 e. The van der Waals surface area contributed by atoms with Gasteiger partial charge in [-0.2, -0.15) is 0 Å². The van der Waals surface area contributed by atoms with Gasteiger partial charge in [0.05, 0.1) is 13.7 Å². The number of rotatable bonds is 1. The molecule has 1 aromatic carbocycles. The molecule has 0 bridgehead atoms. The zero-order valence-electron chi connectivity index (χ0n) is 9.19. The van der Waals surface area contributed by atoms with E-state index in [9.17, 15) is 5.11 Å². The summed E-state index contributed by atoms with van der Waals surface area (Å²) in [7, 11) is 1.63. The van der Waals surface area contributed by atoms with E-state index in [2.05, 4.69) is 5.32 Å². The molecule has 2 aliphatic heterocycles. The fourth-order valence-corrected chi connectivity index (χ4v) is 2.68. The first-order chi connectivity index (χ1) is 7.79. The molecule has 0 aliphatic carbocycles. The molecule has 2 heterocycles. The molecule has 4 nitrogen and oxygen atoms in total. The van der Waals surface area contributed by atoms with E-state index in [1.807, 2.05) is 0 Å². The summed E-state index contributed by atoms with van der Waals surface area (Å²) >= 11 is 0. The maximum Gasteiger partial charge on any atom is 0.130 e. The first-order valence-corrected chi connectivity index (χ1v) is 5.54. The monoisotopic (exact) mass is 221 g/mol. The van der Waals surface area contributed by atoms with Crippen LogP contribution in [-0.4, -0.2) is 31.9 Å². The van der Waals surface area contributed by atoms with E-state index < -0.39 is 0 Å². The van der Waals surface area contributed by atoms with E-state index >= 15 is 0 Å². The van der Waals surface area contributed by atoms with Crippen molar-refractivity contribution in [2.24, 2.45) is 5.92 Å². The van der Waals surface area contributed by atoms with Crippen LogP contribution < -0.4 is 14.8 Å². The van der Waals surface area contributed by atoms with Crippen LogP contribution in [0.2, 0.25) is 0 Å². The number of nitrogens with one attached hydrogen (secondary N) is 1. The lowest BCUT2D eigenvalue weighted by atomic mass is 9.86. The van der Waals surface area contributed by atoms with Crippen LogP contribution in [-0.2, 0) is 0 Å². The number of hydrogen-bond acceptors (Lipinski definition) is 4. The standard InChI is InChI=1S/C12H15NO3/c1-15-10-2-8(14)3-11-12(10)9-5-13-4-7(9)6-16-11/h2-3,7,9,13-14H,4-6H2,1H3/t7-,9-/m0/s1. The lowest BCUT2D eigenvalue weighted by molar-refractivity contribution is 0.214. The number of aromatic hydroxyl groups is 1. The Labute approximate surface area is 94.2 Å². The fraction of sp³-hybridized carbons (Fsp3) is 0.500. The Hall–Kier alpha value is -1.42. The second kappa shape index (κ2) is 3.56. The number of phenolic OH excluding ortho intramolecular Hbond substituents is 1. The third-order valence-corrected chi connectivity index (χ3v) is 3.47. The first-order valence-electron chi connectivity index (χ1n) is 5.54. The summed E-state index contributed by atoms with van der Waals surface area (Å²) in [5.41, 5.74) is 1.10. The van der Waals surface area contributed by atoms with Gasteiger partial charge in [0.15, 0.2) is 0 Å². The van der Waals surface area contributed by atoms with Gasteiger partial charge in [-0.1, -0.05) is 0 Å². The molecular weight excluding hydrogens is 206 g/mol. The molecule has 0 aromatic heterocycles. The van der Waals surface area contributed by atoms with Crippen molar-refractivity contribution in [2.45, 2.75) is 5.92 Å². The molecule has 0 radical (unpaired) electrons. The van der Waals surface area contributed by atoms with Gasteiger partial charge in [-0.3, -0.25) is 0 Å². The molecule has 1 fully saturated rings. The van der Waals surface area contributed by atoms with Crippen LogP contribution in [0.4, 0.5) is 0 Å². The second-order valence-corrected chi connectivity index (χ2v) is 4.40. The van der Waals surface area contributed by atoms with Gasteiger partial charge >= 0.3 is 0 Å². The predicted octanol–water partition coefficient (Wildman–Crippen LogP) is 1.10. The molecule has 1 saturated heterocycles. The number of phenols is 1. The fourth-order valence-electron chi connectivity index (χ4n) is 2.68. The van der Waals surface area contributed by atoms with Crippen molar-refractivity contribution in [3.63, 3.8) is 0 Å². The van der Waals surface area contributed by atoms with Crippen LogP contribution in [0.1, 0.15) is 11.5 Å². The van der Waals surface area contributed by atoms with E-state index in [4.69, 9.17) is 9.47 Å². The molecule has 0 saturated carbocycles. The Morgan fingerprint density at radius 1 is 1.44 bits per heavy atom. The predicted molar refractivity (Wildman–Crippen MR) is 59.3 cm³/mol. The lowest BCUT2D eigenvalue weighted by Crippen LogP contribution is -2.25. The van der Waals surface area contributed by atoms with Crippen LogP contribution >= 0.6 is 0 Å². The number of ether oxygens (including phenoxy) is 2. The minimum Gasteiger partial charge on any atom is -0.508 e. The Kier molecular flexibility index (Phi) is 2.17. The summed E-state index contributed by atoms with van der Waals surface area (Å²) in [6, 6.07) is 3.33. The van der Waals surface area contributed by atoms with Crippen LogP contribution in [0.15, 0.2) is 12.1 Å². The molecule has 2 N–H and O–H groups in total. The van der Waals surface area contributed by atoms with Gasteiger partial charge < -0.3 is 19.9 Å². The van der Waals surface area contributed by atoms with Crippen LogP contribution in [0.25, 0.3) is 0 Å². The Morgan fingerprint density at radius 2 is 2.31 bits per heavy atom. The number of methoxy groups -OCH3 is 1. The highest BCUT2D eigenvalue weighted by Crippen LogP contribution is 2.45. The topological polar surface area (TPSA) is 50.7 Å². The molecule has 2 atom stereocenters. The number of benzene rings is 1. The molecule has 0 amide bonds. The van der Waals surface area contributed by atoms with Gasteiger partial charge in [-0.15, -0.1) is 0 Å². The van der Waals surface area contributed by atoms with Crippen molar-refractivity contribution >= 4 is 0 Å². The average Bonchev–Trinajstić information content (AvgIpc) is 2.75. The van der Waals surface area contributed by atoms with E-state index in [-0.39, 0.29) is 5.75 Å². The first kappa shape index (κ1) is 9.78. The van der Waals surface area contributed by atoms with Crippen molar-refractivity contribution in [1.82, 2.24) is 5.32 Å². The number of fused-ring (bicyclic) bond motifs is 3. The molecule has 2 aliphatic rings. The smallest absolute Gasteiger partial charge is 0.130 e. The zero-order valence-corrected chi connectivity index (χ0v) is 9.19. The van der Waals surface area contributed by atoms with E-state index in [1.54, 1.807) is 19.2 Å².